The lowest BCUT2D eigenvalue weighted by Gasteiger charge is -2.14. The number of carbonyl (C=O) groups is 2. The molecule has 0 saturated heterocycles. The summed E-state index contributed by atoms with van der Waals surface area (Å²) in [5, 5.41) is 11.3. The van der Waals surface area contributed by atoms with E-state index in [1.54, 1.807) is 0 Å². The first kappa shape index (κ1) is 16.0. The van der Waals surface area contributed by atoms with Crippen LogP contribution in [0, 0.1) is 6.92 Å². The summed E-state index contributed by atoms with van der Waals surface area (Å²) in [5.41, 5.74) is 1.12. The van der Waals surface area contributed by atoms with Gasteiger partial charge in [-0.1, -0.05) is 17.7 Å². The first-order chi connectivity index (χ1) is 9.56. The number of methoxy groups -OCH3 is 1. The van der Waals surface area contributed by atoms with E-state index >= 15 is 0 Å². The molecule has 0 aliphatic rings. The van der Waals surface area contributed by atoms with E-state index in [2.05, 4.69) is 10.1 Å². The van der Waals surface area contributed by atoms with Gasteiger partial charge in [0.2, 0.25) is 5.91 Å². The van der Waals surface area contributed by atoms with Crippen molar-refractivity contribution in [3.63, 3.8) is 0 Å². The molecule has 1 aromatic rings. The van der Waals surface area contributed by atoms with Gasteiger partial charge >= 0.3 is 5.97 Å². The van der Waals surface area contributed by atoms with Gasteiger partial charge in [-0.05, 0) is 19.1 Å². The number of nitrogens with one attached hydrogen (secondary N) is 1. The summed E-state index contributed by atoms with van der Waals surface area (Å²) in [4.78, 5) is 22.7. The van der Waals surface area contributed by atoms with E-state index in [0.717, 1.165) is 5.56 Å². The average Bonchev–Trinajstić information content (AvgIpc) is 2.46. The van der Waals surface area contributed by atoms with Gasteiger partial charge in [-0.25, -0.2) is 4.79 Å². The molecular weight excluding hydrogens is 262 g/mol. The van der Waals surface area contributed by atoms with Crippen molar-refractivity contribution in [1.82, 2.24) is 5.32 Å². The van der Waals surface area contributed by atoms with Crippen molar-refractivity contribution < 1.29 is 24.2 Å². The molecule has 20 heavy (non-hydrogen) atoms. The molecule has 0 aromatic heterocycles. The molecule has 1 aromatic carbocycles. The molecule has 0 saturated carbocycles. The molecule has 0 bridgehead atoms. The second kappa shape index (κ2) is 8.16. The van der Waals surface area contributed by atoms with Gasteiger partial charge in [-0.3, -0.25) is 4.79 Å². The Kier molecular flexibility index (Phi) is 6.52. The van der Waals surface area contributed by atoms with Gasteiger partial charge < -0.3 is 19.9 Å². The molecule has 0 heterocycles. The van der Waals surface area contributed by atoms with Crippen LogP contribution in [0.5, 0.6) is 5.75 Å². The molecule has 1 atom stereocenters. The number of ether oxygens (including phenoxy) is 2. The molecule has 110 valence electrons. The maximum Gasteiger partial charge on any atom is 0.330 e. The maximum absolute atomic E-state index is 11.6. The van der Waals surface area contributed by atoms with Crippen LogP contribution in [0.25, 0.3) is 0 Å². The molecule has 2 N–H and O–H groups in total. The summed E-state index contributed by atoms with van der Waals surface area (Å²) in [7, 11) is 1.19. The van der Waals surface area contributed by atoms with Crippen molar-refractivity contribution in [2.75, 3.05) is 20.3 Å². The molecule has 0 aliphatic carbocycles. The zero-order valence-corrected chi connectivity index (χ0v) is 11.6. The zero-order valence-electron chi connectivity index (χ0n) is 11.6. The molecule has 0 aliphatic heterocycles. The van der Waals surface area contributed by atoms with Gasteiger partial charge in [-0.2, -0.15) is 0 Å². The predicted octanol–water partition coefficient (Wildman–Crippen LogP) is 0.414. The minimum absolute atomic E-state index is 0.0847. The smallest absolute Gasteiger partial charge is 0.330 e. The van der Waals surface area contributed by atoms with E-state index in [1.165, 1.54) is 7.11 Å². The van der Waals surface area contributed by atoms with Gasteiger partial charge in [0.05, 0.1) is 26.7 Å². The number of amides is 1. The minimum atomic E-state index is -1.04. The topological polar surface area (TPSA) is 84.9 Å². The van der Waals surface area contributed by atoms with Gasteiger partial charge in [0.15, 0.2) is 6.04 Å². The van der Waals surface area contributed by atoms with Crippen LogP contribution in [0.2, 0.25) is 0 Å². The fourth-order valence-corrected chi connectivity index (χ4v) is 1.48. The number of esters is 1. The number of aryl methyl sites for hydroxylation is 1. The lowest BCUT2D eigenvalue weighted by Crippen LogP contribution is -2.44. The third kappa shape index (κ3) is 5.27. The van der Waals surface area contributed by atoms with Crippen LogP contribution in [-0.4, -0.2) is 43.3 Å². The molecule has 1 unspecified atom stereocenters. The number of aliphatic hydroxyl groups is 1. The lowest BCUT2D eigenvalue weighted by atomic mass is 10.2. The number of rotatable bonds is 7. The summed E-state index contributed by atoms with van der Waals surface area (Å²) in [6, 6.07) is 6.42. The highest BCUT2D eigenvalue weighted by molar-refractivity contribution is 5.84. The quantitative estimate of drug-likeness (QED) is 0.707. The summed E-state index contributed by atoms with van der Waals surface area (Å²) in [6.45, 7) is 1.66. The van der Waals surface area contributed by atoms with Crippen LogP contribution in [0.3, 0.4) is 0 Å². The number of aliphatic hydroxyl groups excluding tert-OH is 1. The van der Waals surface area contributed by atoms with Crippen LogP contribution < -0.4 is 10.1 Å². The van der Waals surface area contributed by atoms with Crippen LogP contribution >= 0.6 is 0 Å². The van der Waals surface area contributed by atoms with Crippen molar-refractivity contribution in [3.05, 3.63) is 29.8 Å². The van der Waals surface area contributed by atoms with Crippen LogP contribution in [0.1, 0.15) is 12.0 Å². The molecule has 6 heteroatoms. The summed E-state index contributed by atoms with van der Waals surface area (Å²) >= 11 is 0. The highest BCUT2D eigenvalue weighted by atomic mass is 16.5. The minimum Gasteiger partial charge on any atom is -0.493 e. The second-order valence-corrected chi connectivity index (χ2v) is 4.24. The third-order valence-corrected chi connectivity index (χ3v) is 2.62. The Hall–Kier alpha value is -2.08. The van der Waals surface area contributed by atoms with E-state index in [0.29, 0.717) is 5.75 Å². The van der Waals surface area contributed by atoms with E-state index in [1.807, 2.05) is 31.2 Å². The first-order valence-electron chi connectivity index (χ1n) is 6.24. The van der Waals surface area contributed by atoms with Crippen molar-refractivity contribution in [2.45, 2.75) is 19.4 Å². The van der Waals surface area contributed by atoms with Gasteiger partial charge in [0.25, 0.3) is 0 Å². The Labute approximate surface area is 117 Å². The summed E-state index contributed by atoms with van der Waals surface area (Å²) in [6.07, 6.45) is 0.0847. The predicted molar refractivity (Wildman–Crippen MR) is 72.3 cm³/mol. The van der Waals surface area contributed by atoms with Crippen molar-refractivity contribution >= 4 is 11.9 Å². The molecular formula is C14H19NO5. The van der Waals surface area contributed by atoms with Crippen LogP contribution in [0.4, 0.5) is 0 Å². The number of carbonyl (C=O) groups excluding carboxylic acids is 2. The Morgan fingerprint density at radius 1 is 1.30 bits per heavy atom. The maximum atomic E-state index is 11.6. The molecule has 6 nitrogen and oxygen atoms in total. The van der Waals surface area contributed by atoms with E-state index in [-0.39, 0.29) is 18.9 Å². The van der Waals surface area contributed by atoms with Gasteiger partial charge in [0, 0.05) is 0 Å². The summed E-state index contributed by atoms with van der Waals surface area (Å²) < 4.78 is 9.84. The molecule has 0 spiro atoms. The van der Waals surface area contributed by atoms with E-state index in [4.69, 9.17) is 9.84 Å². The number of hydrogen-bond acceptors (Lipinski definition) is 5. The van der Waals surface area contributed by atoms with Gasteiger partial charge in [-0.15, -0.1) is 0 Å². The fraction of sp³-hybridized carbons (Fsp3) is 0.429. The van der Waals surface area contributed by atoms with Crippen molar-refractivity contribution in [3.8, 4) is 5.75 Å². The summed E-state index contributed by atoms with van der Waals surface area (Å²) in [5.74, 6) is -0.392. The second-order valence-electron chi connectivity index (χ2n) is 4.24. The SMILES string of the molecule is COC(=O)C(CO)NC(=O)CCOc1ccc(C)cc1. The Bertz CT molecular complexity index is 443. The molecule has 0 fully saturated rings. The molecule has 1 rings (SSSR count). The normalized spacial score (nSPS) is 11.6. The molecule has 1 amide bonds. The fourth-order valence-electron chi connectivity index (χ4n) is 1.48. The van der Waals surface area contributed by atoms with Gasteiger partial charge in [0.1, 0.15) is 5.75 Å². The highest BCUT2D eigenvalue weighted by Gasteiger charge is 2.20. The Morgan fingerprint density at radius 3 is 2.50 bits per heavy atom. The monoisotopic (exact) mass is 281 g/mol. The number of benzene rings is 1. The standard InChI is InChI=1S/C14H19NO5/c1-10-3-5-11(6-4-10)20-8-7-13(17)15-12(9-16)14(18)19-2/h3-6,12,16H,7-9H2,1-2H3,(H,15,17). The van der Waals surface area contributed by atoms with E-state index < -0.39 is 18.6 Å². The average molecular weight is 281 g/mol. The largest absolute Gasteiger partial charge is 0.493 e. The highest BCUT2D eigenvalue weighted by Crippen LogP contribution is 2.11. The Morgan fingerprint density at radius 2 is 1.95 bits per heavy atom. The van der Waals surface area contributed by atoms with Crippen LogP contribution in [0.15, 0.2) is 24.3 Å². The first-order valence-corrected chi connectivity index (χ1v) is 6.24. The zero-order chi connectivity index (χ0) is 15.0. The lowest BCUT2D eigenvalue weighted by molar-refractivity contribution is -0.146. The third-order valence-electron chi connectivity index (χ3n) is 2.62. The van der Waals surface area contributed by atoms with Crippen LogP contribution in [-0.2, 0) is 14.3 Å². The van der Waals surface area contributed by atoms with Crippen molar-refractivity contribution in [2.24, 2.45) is 0 Å². The van der Waals surface area contributed by atoms with Crippen molar-refractivity contribution in [1.29, 1.82) is 0 Å². The van der Waals surface area contributed by atoms with E-state index in [9.17, 15) is 9.59 Å². The Balaban J connectivity index is 2.32. The number of hydrogen-bond donors (Lipinski definition) is 2. The molecule has 0 radical (unpaired) electrons.